The van der Waals surface area contributed by atoms with Crippen LogP contribution in [0.5, 0.6) is 0 Å². The Morgan fingerprint density at radius 3 is 2.57 bits per heavy atom. The zero-order valence-electron chi connectivity index (χ0n) is 11.9. The average Bonchev–Trinajstić information content (AvgIpc) is 2.54. The lowest BCUT2D eigenvalue weighted by atomic mass is 9.99. The summed E-state index contributed by atoms with van der Waals surface area (Å²) < 4.78 is 0.962. The minimum Gasteiger partial charge on any atom is -0.361 e. The topological polar surface area (TPSA) is 89.5 Å². The molecule has 0 atom stereocenters. The van der Waals surface area contributed by atoms with Crippen molar-refractivity contribution >= 4 is 33.0 Å². The van der Waals surface area contributed by atoms with E-state index in [1.165, 1.54) is 17.7 Å². The molecule has 0 unspecified atom stereocenters. The SMILES string of the molecule is O=[N+]([O-])c1ccc(N2CCc3cccc(Br)c3C2)c([N+](=O)[O-])c1. The molecule has 23 heavy (non-hydrogen) atoms. The zero-order valence-corrected chi connectivity index (χ0v) is 13.5. The van der Waals surface area contributed by atoms with Gasteiger partial charge in [-0.1, -0.05) is 28.1 Å². The highest BCUT2D eigenvalue weighted by Crippen LogP contribution is 2.36. The first-order valence-corrected chi connectivity index (χ1v) is 7.70. The normalized spacial score (nSPS) is 13.5. The Labute approximate surface area is 140 Å². The largest absolute Gasteiger partial charge is 0.361 e. The van der Waals surface area contributed by atoms with E-state index in [2.05, 4.69) is 15.9 Å². The lowest BCUT2D eigenvalue weighted by Gasteiger charge is -2.31. The molecule has 2 aromatic carbocycles. The van der Waals surface area contributed by atoms with Crippen molar-refractivity contribution in [3.63, 3.8) is 0 Å². The number of benzene rings is 2. The second-order valence-corrected chi connectivity index (χ2v) is 6.09. The summed E-state index contributed by atoms with van der Waals surface area (Å²) in [6, 6.07) is 9.72. The van der Waals surface area contributed by atoms with Gasteiger partial charge in [0.1, 0.15) is 5.69 Å². The first-order chi connectivity index (χ1) is 11.0. The van der Waals surface area contributed by atoms with Crippen molar-refractivity contribution in [2.75, 3.05) is 11.4 Å². The van der Waals surface area contributed by atoms with Crippen LogP contribution in [0.1, 0.15) is 11.1 Å². The first-order valence-electron chi connectivity index (χ1n) is 6.91. The van der Waals surface area contributed by atoms with Crippen LogP contribution in [0.25, 0.3) is 0 Å². The van der Waals surface area contributed by atoms with Gasteiger partial charge in [-0.2, -0.15) is 0 Å². The van der Waals surface area contributed by atoms with E-state index in [1.54, 1.807) is 0 Å². The van der Waals surface area contributed by atoms with Crippen molar-refractivity contribution in [3.05, 3.63) is 72.2 Å². The van der Waals surface area contributed by atoms with Gasteiger partial charge in [0.15, 0.2) is 0 Å². The van der Waals surface area contributed by atoms with E-state index in [-0.39, 0.29) is 11.4 Å². The molecule has 7 nitrogen and oxygen atoms in total. The van der Waals surface area contributed by atoms with E-state index < -0.39 is 9.85 Å². The van der Waals surface area contributed by atoms with Gasteiger partial charge in [0, 0.05) is 23.6 Å². The molecule has 0 spiro atoms. The summed E-state index contributed by atoms with van der Waals surface area (Å²) in [4.78, 5) is 22.8. The molecule has 1 aliphatic rings. The Morgan fingerprint density at radius 2 is 1.87 bits per heavy atom. The number of non-ortho nitro benzene ring substituents is 1. The van der Waals surface area contributed by atoms with Crippen molar-refractivity contribution in [2.45, 2.75) is 13.0 Å². The van der Waals surface area contributed by atoms with Gasteiger partial charge in [-0.25, -0.2) is 0 Å². The van der Waals surface area contributed by atoms with Gasteiger partial charge in [-0.3, -0.25) is 20.2 Å². The van der Waals surface area contributed by atoms with Crippen LogP contribution in [0.3, 0.4) is 0 Å². The van der Waals surface area contributed by atoms with Crippen LogP contribution >= 0.6 is 15.9 Å². The Kier molecular flexibility index (Phi) is 3.99. The molecule has 0 saturated heterocycles. The molecule has 0 amide bonds. The predicted molar refractivity (Wildman–Crippen MR) is 88.6 cm³/mol. The Hall–Kier alpha value is -2.48. The van der Waals surface area contributed by atoms with Gasteiger partial charge in [-0.15, -0.1) is 0 Å². The van der Waals surface area contributed by atoms with Crippen LogP contribution in [-0.4, -0.2) is 16.4 Å². The number of nitrogens with zero attached hydrogens (tertiary/aromatic N) is 3. The van der Waals surface area contributed by atoms with Crippen LogP contribution < -0.4 is 4.90 Å². The molecule has 1 aliphatic heterocycles. The van der Waals surface area contributed by atoms with Gasteiger partial charge >= 0.3 is 0 Å². The van der Waals surface area contributed by atoms with E-state index in [0.29, 0.717) is 18.8 Å². The first kappa shape index (κ1) is 15.4. The van der Waals surface area contributed by atoms with Crippen molar-refractivity contribution in [1.29, 1.82) is 0 Å². The molecule has 3 rings (SSSR count). The second-order valence-electron chi connectivity index (χ2n) is 5.24. The molecular weight excluding hydrogens is 366 g/mol. The third-order valence-electron chi connectivity index (χ3n) is 3.92. The molecule has 0 saturated carbocycles. The zero-order chi connectivity index (χ0) is 16.6. The number of nitro groups is 2. The van der Waals surface area contributed by atoms with E-state index in [1.807, 2.05) is 23.1 Å². The van der Waals surface area contributed by atoms with Crippen LogP contribution in [0.2, 0.25) is 0 Å². The summed E-state index contributed by atoms with van der Waals surface area (Å²) in [7, 11) is 0. The summed E-state index contributed by atoms with van der Waals surface area (Å²) >= 11 is 3.51. The standard InChI is InChI=1S/C15H12BrN3O4/c16-13-3-1-2-10-6-7-17(9-12(10)13)14-5-4-11(18(20)21)8-15(14)19(22)23/h1-5,8H,6-7,9H2. The molecule has 0 aromatic heterocycles. The smallest absolute Gasteiger partial charge is 0.299 e. The molecular formula is C15H12BrN3O4. The highest BCUT2D eigenvalue weighted by atomic mass is 79.9. The van der Waals surface area contributed by atoms with Gasteiger partial charge in [0.25, 0.3) is 11.4 Å². The number of hydrogen-bond donors (Lipinski definition) is 0. The summed E-state index contributed by atoms with van der Waals surface area (Å²) in [5.74, 6) is 0. The van der Waals surface area contributed by atoms with Gasteiger partial charge < -0.3 is 4.90 Å². The molecule has 0 fully saturated rings. The van der Waals surface area contributed by atoms with Crippen molar-refractivity contribution < 1.29 is 9.85 Å². The highest BCUT2D eigenvalue weighted by molar-refractivity contribution is 9.10. The molecule has 0 N–H and O–H groups in total. The third-order valence-corrected chi connectivity index (χ3v) is 4.67. The Bertz CT molecular complexity index is 809. The van der Waals surface area contributed by atoms with Crippen LogP contribution in [-0.2, 0) is 13.0 Å². The van der Waals surface area contributed by atoms with Crippen molar-refractivity contribution in [2.24, 2.45) is 0 Å². The fourth-order valence-electron chi connectivity index (χ4n) is 2.78. The Morgan fingerprint density at radius 1 is 1.09 bits per heavy atom. The molecule has 0 aliphatic carbocycles. The molecule has 1 heterocycles. The monoisotopic (exact) mass is 377 g/mol. The van der Waals surface area contributed by atoms with Crippen LogP contribution in [0, 0.1) is 20.2 Å². The number of halogens is 1. The van der Waals surface area contributed by atoms with Crippen LogP contribution in [0.15, 0.2) is 40.9 Å². The molecule has 0 radical (unpaired) electrons. The molecule has 2 aromatic rings. The predicted octanol–water partition coefficient (Wildman–Crippen LogP) is 3.83. The van der Waals surface area contributed by atoms with Gasteiger partial charge in [-0.05, 0) is 29.7 Å². The lowest BCUT2D eigenvalue weighted by Crippen LogP contribution is -2.31. The number of nitro benzene ring substituents is 2. The lowest BCUT2D eigenvalue weighted by molar-refractivity contribution is -0.393. The summed E-state index contributed by atoms with van der Waals surface area (Å²) in [6.07, 6.45) is 0.767. The Balaban J connectivity index is 2.01. The van der Waals surface area contributed by atoms with E-state index in [0.717, 1.165) is 22.5 Å². The summed E-state index contributed by atoms with van der Waals surface area (Å²) in [5, 5.41) is 22.1. The maximum Gasteiger partial charge on any atom is 0.299 e. The van der Waals surface area contributed by atoms with Crippen molar-refractivity contribution in [1.82, 2.24) is 0 Å². The highest BCUT2D eigenvalue weighted by Gasteiger charge is 2.26. The van der Waals surface area contributed by atoms with Crippen molar-refractivity contribution in [3.8, 4) is 0 Å². The fourth-order valence-corrected chi connectivity index (χ4v) is 3.32. The minimum atomic E-state index is -0.626. The van der Waals surface area contributed by atoms with Gasteiger partial charge in [0.05, 0.1) is 15.9 Å². The maximum absolute atomic E-state index is 11.3. The van der Waals surface area contributed by atoms with Gasteiger partial charge in [0.2, 0.25) is 0 Å². The van der Waals surface area contributed by atoms with Crippen LogP contribution in [0.4, 0.5) is 17.1 Å². The van der Waals surface area contributed by atoms with E-state index >= 15 is 0 Å². The number of fused-ring (bicyclic) bond motifs is 1. The van der Waals surface area contributed by atoms with E-state index in [9.17, 15) is 20.2 Å². The fraction of sp³-hybridized carbons (Fsp3) is 0.200. The quantitative estimate of drug-likeness (QED) is 0.598. The average molecular weight is 378 g/mol. The van der Waals surface area contributed by atoms with E-state index in [4.69, 9.17) is 0 Å². The molecule has 0 bridgehead atoms. The summed E-state index contributed by atoms with van der Waals surface area (Å²) in [6.45, 7) is 1.15. The summed E-state index contributed by atoms with van der Waals surface area (Å²) in [5.41, 5.74) is 2.18. The third kappa shape index (κ3) is 2.89. The maximum atomic E-state index is 11.3. The molecule has 118 valence electrons. The number of hydrogen-bond acceptors (Lipinski definition) is 5. The number of rotatable bonds is 3. The number of anilines is 1. The minimum absolute atomic E-state index is 0.241. The second kappa shape index (κ2) is 5.96. The molecule has 8 heteroatoms.